The Morgan fingerprint density at radius 2 is 1.79 bits per heavy atom. The zero-order valence-electron chi connectivity index (χ0n) is 26.9. The summed E-state index contributed by atoms with van der Waals surface area (Å²) in [4.78, 5) is 28.0. The van der Waals surface area contributed by atoms with Gasteiger partial charge in [-0.05, 0) is 60.3 Å². The molecule has 48 heavy (non-hydrogen) atoms. The number of hydrogen-bond acceptors (Lipinski definition) is 10. The molecular formula is C35H34N6O5S2. The Kier molecular flexibility index (Phi) is 10.1. The summed E-state index contributed by atoms with van der Waals surface area (Å²) in [5, 5.41) is 20.7. The number of hydrazone groups is 1. The van der Waals surface area contributed by atoms with E-state index in [4.69, 9.17) is 19.3 Å². The lowest BCUT2D eigenvalue weighted by atomic mass is 9.99. The SMILES string of the molecule is COc1cccc(C(=O)NCc2nnc(SCC(=O)N3N=C(c4cccs4)CC3c3cccc(OC)c3OC)n2-c2cccc(C)c2)c1. The van der Waals surface area contributed by atoms with E-state index in [1.165, 1.54) is 11.8 Å². The van der Waals surface area contributed by atoms with E-state index in [2.05, 4.69) is 15.5 Å². The first kappa shape index (κ1) is 32.8. The molecule has 0 spiro atoms. The van der Waals surface area contributed by atoms with E-state index in [-0.39, 0.29) is 24.1 Å². The minimum absolute atomic E-state index is 0.0458. The van der Waals surface area contributed by atoms with Gasteiger partial charge in [0.15, 0.2) is 22.5 Å². The van der Waals surface area contributed by atoms with Gasteiger partial charge in [-0.3, -0.25) is 14.2 Å². The number of carbonyl (C=O) groups is 2. The molecule has 0 aliphatic carbocycles. The zero-order chi connectivity index (χ0) is 33.6. The van der Waals surface area contributed by atoms with Crippen molar-refractivity contribution in [3.8, 4) is 22.9 Å². The summed E-state index contributed by atoms with van der Waals surface area (Å²) in [7, 11) is 4.74. The molecule has 6 rings (SSSR count). The Hall–Kier alpha value is -5.14. The lowest BCUT2D eigenvalue weighted by Gasteiger charge is -2.24. The fraction of sp³-hybridized carbons (Fsp3) is 0.229. The number of para-hydroxylation sites is 1. The minimum Gasteiger partial charge on any atom is -0.497 e. The third-order valence-corrected chi connectivity index (χ3v) is 9.62. The normalized spacial score (nSPS) is 14.0. The fourth-order valence-corrected chi connectivity index (χ4v) is 7.05. The first-order valence-corrected chi connectivity index (χ1v) is 17.0. The molecule has 0 radical (unpaired) electrons. The highest BCUT2D eigenvalue weighted by Crippen LogP contribution is 2.42. The Balaban J connectivity index is 1.26. The summed E-state index contributed by atoms with van der Waals surface area (Å²) in [6, 6.07) is 24.1. The molecule has 0 saturated carbocycles. The maximum absolute atomic E-state index is 14.0. The average molecular weight is 683 g/mol. The molecule has 13 heteroatoms. The number of ether oxygens (including phenoxy) is 3. The van der Waals surface area contributed by atoms with E-state index >= 15 is 0 Å². The van der Waals surface area contributed by atoms with Crippen LogP contribution in [0.5, 0.6) is 17.2 Å². The summed E-state index contributed by atoms with van der Waals surface area (Å²) >= 11 is 2.84. The smallest absolute Gasteiger partial charge is 0.253 e. The Morgan fingerprint density at radius 1 is 0.958 bits per heavy atom. The van der Waals surface area contributed by atoms with Gasteiger partial charge in [0.1, 0.15) is 5.75 Å². The van der Waals surface area contributed by atoms with Gasteiger partial charge in [0.2, 0.25) is 0 Å². The van der Waals surface area contributed by atoms with E-state index in [1.807, 2.05) is 71.5 Å². The third kappa shape index (κ3) is 6.92. The number of rotatable bonds is 12. The molecule has 3 heterocycles. The number of methoxy groups -OCH3 is 3. The van der Waals surface area contributed by atoms with Crippen LogP contribution in [0.4, 0.5) is 0 Å². The van der Waals surface area contributed by atoms with Crippen molar-refractivity contribution in [2.24, 2.45) is 5.10 Å². The quantitative estimate of drug-likeness (QED) is 0.158. The van der Waals surface area contributed by atoms with Crippen LogP contribution in [0.3, 0.4) is 0 Å². The van der Waals surface area contributed by atoms with Crippen molar-refractivity contribution in [2.75, 3.05) is 27.1 Å². The van der Waals surface area contributed by atoms with E-state index in [0.717, 1.165) is 27.4 Å². The van der Waals surface area contributed by atoms with Crippen molar-refractivity contribution in [3.05, 3.63) is 112 Å². The van der Waals surface area contributed by atoms with Gasteiger partial charge in [0, 0.05) is 23.2 Å². The fourth-order valence-electron chi connectivity index (χ4n) is 5.50. The second-order valence-corrected chi connectivity index (χ2v) is 12.7. The van der Waals surface area contributed by atoms with Crippen molar-refractivity contribution in [1.29, 1.82) is 0 Å². The Bertz CT molecular complexity index is 1960. The molecule has 1 atom stereocenters. The second kappa shape index (κ2) is 14.7. The molecular weight excluding hydrogens is 649 g/mol. The summed E-state index contributed by atoms with van der Waals surface area (Å²) in [6.45, 7) is 2.11. The first-order chi connectivity index (χ1) is 23.4. The number of carbonyl (C=O) groups excluding carboxylic acids is 2. The minimum atomic E-state index is -0.391. The number of thiophene rings is 1. The first-order valence-electron chi connectivity index (χ1n) is 15.1. The molecule has 2 aromatic heterocycles. The van der Waals surface area contributed by atoms with Gasteiger partial charge in [0.25, 0.3) is 11.8 Å². The van der Waals surface area contributed by atoms with Crippen LogP contribution in [0.25, 0.3) is 5.69 Å². The van der Waals surface area contributed by atoms with Gasteiger partial charge in [-0.1, -0.05) is 48.2 Å². The van der Waals surface area contributed by atoms with Crippen molar-refractivity contribution in [2.45, 2.75) is 31.1 Å². The number of benzene rings is 3. The number of nitrogens with zero attached hydrogens (tertiary/aromatic N) is 5. The van der Waals surface area contributed by atoms with Gasteiger partial charge in [-0.25, -0.2) is 5.01 Å². The Labute approximate surface area is 286 Å². The highest BCUT2D eigenvalue weighted by Gasteiger charge is 2.36. The molecule has 2 amide bonds. The lowest BCUT2D eigenvalue weighted by Crippen LogP contribution is -2.29. The molecule has 11 nitrogen and oxygen atoms in total. The van der Waals surface area contributed by atoms with Gasteiger partial charge in [0.05, 0.1) is 50.3 Å². The van der Waals surface area contributed by atoms with E-state index in [1.54, 1.807) is 61.9 Å². The van der Waals surface area contributed by atoms with Crippen LogP contribution in [0.1, 0.15) is 44.6 Å². The number of hydrogen-bond donors (Lipinski definition) is 1. The number of aromatic nitrogens is 3. The van der Waals surface area contributed by atoms with E-state index in [9.17, 15) is 9.59 Å². The van der Waals surface area contributed by atoms with E-state index < -0.39 is 6.04 Å². The molecule has 1 N–H and O–H groups in total. The molecule has 3 aromatic carbocycles. The Morgan fingerprint density at radius 3 is 2.54 bits per heavy atom. The number of amides is 2. The van der Waals surface area contributed by atoms with Crippen LogP contribution in [-0.4, -0.2) is 64.4 Å². The molecule has 0 bridgehead atoms. The molecule has 0 fully saturated rings. The summed E-state index contributed by atoms with van der Waals surface area (Å²) in [6.07, 6.45) is 0.525. The van der Waals surface area contributed by atoms with Gasteiger partial charge < -0.3 is 19.5 Å². The summed E-state index contributed by atoms with van der Waals surface area (Å²) in [5.41, 5.74) is 3.96. The molecule has 246 valence electrons. The maximum Gasteiger partial charge on any atom is 0.253 e. The van der Waals surface area contributed by atoms with Crippen LogP contribution < -0.4 is 19.5 Å². The van der Waals surface area contributed by atoms with Crippen LogP contribution in [-0.2, 0) is 11.3 Å². The second-order valence-electron chi connectivity index (χ2n) is 10.8. The van der Waals surface area contributed by atoms with Crippen molar-refractivity contribution >= 4 is 40.6 Å². The van der Waals surface area contributed by atoms with Crippen LogP contribution in [0.15, 0.2) is 94.5 Å². The van der Waals surface area contributed by atoms with E-state index in [0.29, 0.717) is 40.2 Å². The van der Waals surface area contributed by atoms with Crippen molar-refractivity contribution < 1.29 is 23.8 Å². The topological polar surface area (TPSA) is 120 Å². The van der Waals surface area contributed by atoms with Gasteiger partial charge >= 0.3 is 0 Å². The molecule has 1 unspecified atom stereocenters. The standard InChI is InChI=1S/C35H34N6O5S2/c1-22-9-5-11-24(17-22)40-31(20-36-34(43)23-10-6-12-25(18-23)44-2)37-38-35(40)48-21-32(42)41-28(19-27(39-41)30-15-8-16-47-30)26-13-7-14-29(45-3)33(26)46-4/h5-18,28H,19-21H2,1-4H3,(H,36,43). The lowest BCUT2D eigenvalue weighted by molar-refractivity contribution is -0.130. The maximum atomic E-state index is 14.0. The molecule has 0 saturated heterocycles. The van der Waals surface area contributed by atoms with Gasteiger partial charge in [-0.2, -0.15) is 5.10 Å². The zero-order valence-corrected chi connectivity index (χ0v) is 28.5. The van der Waals surface area contributed by atoms with Crippen molar-refractivity contribution in [3.63, 3.8) is 0 Å². The molecule has 1 aliphatic heterocycles. The largest absolute Gasteiger partial charge is 0.497 e. The highest BCUT2D eigenvalue weighted by atomic mass is 32.2. The monoisotopic (exact) mass is 682 g/mol. The average Bonchev–Trinajstić information content (AvgIpc) is 3.89. The number of aryl methyl sites for hydroxylation is 1. The molecule has 5 aromatic rings. The summed E-state index contributed by atoms with van der Waals surface area (Å²) < 4.78 is 18.4. The predicted molar refractivity (Wildman–Crippen MR) is 186 cm³/mol. The molecule has 1 aliphatic rings. The number of nitrogens with one attached hydrogen (secondary N) is 1. The highest BCUT2D eigenvalue weighted by molar-refractivity contribution is 7.99. The van der Waals surface area contributed by atoms with Crippen LogP contribution >= 0.6 is 23.1 Å². The van der Waals surface area contributed by atoms with Crippen LogP contribution in [0, 0.1) is 6.92 Å². The third-order valence-electron chi connectivity index (χ3n) is 7.79. The van der Waals surface area contributed by atoms with Crippen LogP contribution in [0.2, 0.25) is 0 Å². The van der Waals surface area contributed by atoms with Gasteiger partial charge in [-0.15, -0.1) is 21.5 Å². The van der Waals surface area contributed by atoms with Crippen molar-refractivity contribution in [1.82, 2.24) is 25.1 Å². The number of thioether (sulfide) groups is 1. The summed E-state index contributed by atoms with van der Waals surface area (Å²) in [5.74, 6) is 1.83. The predicted octanol–water partition coefficient (Wildman–Crippen LogP) is 6.06.